The number of nitrogens with zero attached hydrogens (tertiary/aromatic N) is 2. The average Bonchev–Trinajstić information content (AvgIpc) is 2.34. The van der Waals surface area contributed by atoms with Gasteiger partial charge in [-0.15, -0.1) is 0 Å². The van der Waals surface area contributed by atoms with E-state index in [1.807, 2.05) is 0 Å². The number of hydrogen-bond donors (Lipinski definition) is 1. The molecule has 0 radical (unpaired) electrons. The van der Waals surface area contributed by atoms with Gasteiger partial charge >= 0.3 is 0 Å². The zero-order valence-corrected chi connectivity index (χ0v) is 12.0. The van der Waals surface area contributed by atoms with Crippen LogP contribution < -0.4 is 5.32 Å². The zero-order chi connectivity index (χ0) is 13.1. The second-order valence-electron chi connectivity index (χ2n) is 6.02. The highest BCUT2D eigenvalue weighted by Gasteiger charge is 2.28. The number of nitrogens with one attached hydrogen (secondary N) is 1. The topological polar surface area (TPSA) is 35.6 Å². The van der Waals surface area contributed by atoms with Crippen LogP contribution in [0, 0.1) is 0 Å². The van der Waals surface area contributed by atoms with Crippen molar-refractivity contribution in [2.75, 3.05) is 26.2 Å². The van der Waals surface area contributed by atoms with E-state index in [0.29, 0.717) is 30.6 Å². The summed E-state index contributed by atoms with van der Waals surface area (Å²) in [4.78, 5) is 16.8. The third-order valence-electron chi connectivity index (χ3n) is 4.36. The number of carbonyl (C=O) groups excluding carboxylic acids is 1. The third-order valence-corrected chi connectivity index (χ3v) is 4.36. The molecule has 3 atom stereocenters. The SMILES string of the molecule is CC1CN(CC(=O)N2CCCCC2C)C(C)CN1. The summed E-state index contributed by atoms with van der Waals surface area (Å²) < 4.78 is 0. The highest BCUT2D eigenvalue weighted by atomic mass is 16.2. The lowest BCUT2D eigenvalue weighted by atomic mass is 10.0. The van der Waals surface area contributed by atoms with Gasteiger partial charge in [0.2, 0.25) is 5.91 Å². The predicted octanol–water partition coefficient (Wildman–Crippen LogP) is 1.07. The summed E-state index contributed by atoms with van der Waals surface area (Å²) in [6, 6.07) is 1.39. The van der Waals surface area contributed by atoms with E-state index < -0.39 is 0 Å². The Labute approximate surface area is 111 Å². The third kappa shape index (κ3) is 3.23. The fourth-order valence-electron chi connectivity index (χ4n) is 3.05. The molecular weight excluding hydrogens is 226 g/mol. The summed E-state index contributed by atoms with van der Waals surface area (Å²) in [6.45, 7) is 10.1. The van der Waals surface area contributed by atoms with Crippen LogP contribution in [0.15, 0.2) is 0 Å². The van der Waals surface area contributed by atoms with Crippen LogP contribution in [0.4, 0.5) is 0 Å². The van der Waals surface area contributed by atoms with Crippen molar-refractivity contribution in [1.82, 2.24) is 15.1 Å². The summed E-state index contributed by atoms with van der Waals surface area (Å²) >= 11 is 0. The van der Waals surface area contributed by atoms with Gasteiger partial charge < -0.3 is 10.2 Å². The minimum absolute atomic E-state index is 0.322. The molecule has 1 N–H and O–H groups in total. The molecule has 0 aliphatic carbocycles. The van der Waals surface area contributed by atoms with Crippen LogP contribution in [0.25, 0.3) is 0 Å². The van der Waals surface area contributed by atoms with E-state index in [2.05, 4.69) is 35.9 Å². The van der Waals surface area contributed by atoms with Crippen molar-refractivity contribution in [3.63, 3.8) is 0 Å². The summed E-state index contributed by atoms with van der Waals surface area (Å²) in [5, 5.41) is 3.46. The zero-order valence-electron chi connectivity index (χ0n) is 12.0. The quantitative estimate of drug-likeness (QED) is 0.799. The maximum Gasteiger partial charge on any atom is 0.236 e. The van der Waals surface area contributed by atoms with E-state index in [0.717, 1.165) is 19.6 Å². The molecule has 2 aliphatic heterocycles. The monoisotopic (exact) mass is 253 g/mol. The Bertz CT molecular complexity index is 295. The van der Waals surface area contributed by atoms with Crippen molar-refractivity contribution < 1.29 is 4.79 Å². The van der Waals surface area contributed by atoms with Crippen molar-refractivity contribution in [3.05, 3.63) is 0 Å². The Kier molecular flexibility index (Phi) is 4.62. The van der Waals surface area contributed by atoms with Crippen LogP contribution in [0.5, 0.6) is 0 Å². The Balaban J connectivity index is 1.89. The van der Waals surface area contributed by atoms with Gasteiger partial charge in [0, 0.05) is 37.8 Å². The minimum Gasteiger partial charge on any atom is -0.339 e. The van der Waals surface area contributed by atoms with Crippen LogP contribution in [0.2, 0.25) is 0 Å². The molecule has 0 aromatic heterocycles. The molecule has 0 aromatic rings. The molecule has 2 fully saturated rings. The molecule has 104 valence electrons. The first-order valence-corrected chi connectivity index (χ1v) is 7.35. The summed E-state index contributed by atoms with van der Waals surface area (Å²) in [6.07, 6.45) is 3.61. The van der Waals surface area contributed by atoms with E-state index in [4.69, 9.17) is 0 Å². The Morgan fingerprint density at radius 2 is 2.00 bits per heavy atom. The Morgan fingerprint density at radius 3 is 2.72 bits per heavy atom. The first-order chi connectivity index (χ1) is 8.58. The van der Waals surface area contributed by atoms with E-state index in [9.17, 15) is 4.79 Å². The van der Waals surface area contributed by atoms with Gasteiger partial charge in [0.05, 0.1) is 6.54 Å². The minimum atomic E-state index is 0.322. The molecule has 18 heavy (non-hydrogen) atoms. The number of piperazine rings is 1. The molecule has 0 aromatic carbocycles. The molecule has 1 amide bonds. The molecule has 0 spiro atoms. The molecule has 4 heteroatoms. The van der Waals surface area contributed by atoms with Crippen molar-refractivity contribution in [2.24, 2.45) is 0 Å². The van der Waals surface area contributed by atoms with E-state index in [-0.39, 0.29) is 0 Å². The van der Waals surface area contributed by atoms with Crippen LogP contribution in [-0.2, 0) is 4.79 Å². The first kappa shape index (κ1) is 13.8. The highest BCUT2D eigenvalue weighted by Crippen LogP contribution is 2.17. The standard InChI is InChI=1S/C14H27N3O/c1-11-9-16(13(3)8-15-11)10-14(18)17-7-5-4-6-12(17)2/h11-13,15H,4-10H2,1-3H3. The summed E-state index contributed by atoms with van der Waals surface area (Å²) in [5.74, 6) is 0.322. The average molecular weight is 253 g/mol. The molecule has 3 unspecified atom stereocenters. The van der Waals surface area contributed by atoms with Gasteiger partial charge in [0.25, 0.3) is 0 Å². The number of carbonyl (C=O) groups is 1. The second kappa shape index (κ2) is 6.02. The number of piperidine rings is 1. The van der Waals surface area contributed by atoms with Gasteiger partial charge in [-0.3, -0.25) is 9.69 Å². The van der Waals surface area contributed by atoms with Gasteiger partial charge in [0.15, 0.2) is 0 Å². The van der Waals surface area contributed by atoms with E-state index in [1.54, 1.807) is 0 Å². The van der Waals surface area contributed by atoms with Crippen LogP contribution in [-0.4, -0.2) is 60.0 Å². The van der Waals surface area contributed by atoms with Gasteiger partial charge in [0.1, 0.15) is 0 Å². The lowest BCUT2D eigenvalue weighted by Crippen LogP contribution is -2.57. The van der Waals surface area contributed by atoms with Crippen LogP contribution in [0.1, 0.15) is 40.0 Å². The smallest absolute Gasteiger partial charge is 0.236 e. The van der Waals surface area contributed by atoms with Gasteiger partial charge in [-0.05, 0) is 40.0 Å². The van der Waals surface area contributed by atoms with Crippen molar-refractivity contribution in [2.45, 2.75) is 58.2 Å². The molecular formula is C14H27N3O. The molecule has 2 aliphatic rings. The Hall–Kier alpha value is -0.610. The lowest BCUT2D eigenvalue weighted by Gasteiger charge is -2.40. The van der Waals surface area contributed by atoms with Gasteiger partial charge in [-0.2, -0.15) is 0 Å². The molecule has 4 nitrogen and oxygen atoms in total. The summed E-state index contributed by atoms with van der Waals surface area (Å²) in [5.41, 5.74) is 0. The fraction of sp³-hybridized carbons (Fsp3) is 0.929. The molecule has 0 bridgehead atoms. The molecule has 0 saturated carbocycles. The van der Waals surface area contributed by atoms with Crippen molar-refractivity contribution >= 4 is 5.91 Å². The number of hydrogen-bond acceptors (Lipinski definition) is 3. The first-order valence-electron chi connectivity index (χ1n) is 7.35. The number of amides is 1. The molecule has 2 heterocycles. The number of rotatable bonds is 2. The Morgan fingerprint density at radius 1 is 1.22 bits per heavy atom. The lowest BCUT2D eigenvalue weighted by molar-refractivity contribution is -0.136. The second-order valence-corrected chi connectivity index (χ2v) is 6.02. The number of likely N-dealkylation sites (tertiary alicyclic amines) is 1. The molecule has 2 rings (SSSR count). The van der Waals surface area contributed by atoms with Crippen molar-refractivity contribution in [1.29, 1.82) is 0 Å². The molecule has 2 saturated heterocycles. The van der Waals surface area contributed by atoms with Crippen LogP contribution in [0.3, 0.4) is 0 Å². The maximum absolute atomic E-state index is 12.4. The van der Waals surface area contributed by atoms with E-state index >= 15 is 0 Å². The fourth-order valence-corrected chi connectivity index (χ4v) is 3.05. The summed E-state index contributed by atoms with van der Waals surface area (Å²) in [7, 11) is 0. The van der Waals surface area contributed by atoms with Crippen molar-refractivity contribution in [3.8, 4) is 0 Å². The van der Waals surface area contributed by atoms with Gasteiger partial charge in [-0.1, -0.05) is 0 Å². The highest BCUT2D eigenvalue weighted by molar-refractivity contribution is 5.78. The van der Waals surface area contributed by atoms with Crippen LogP contribution >= 0.6 is 0 Å². The normalized spacial score (nSPS) is 34.6. The predicted molar refractivity (Wildman–Crippen MR) is 73.5 cm³/mol. The largest absolute Gasteiger partial charge is 0.339 e. The maximum atomic E-state index is 12.4. The van der Waals surface area contributed by atoms with Gasteiger partial charge in [-0.25, -0.2) is 0 Å². The van der Waals surface area contributed by atoms with E-state index in [1.165, 1.54) is 19.3 Å².